The van der Waals surface area contributed by atoms with Crippen LogP contribution in [-0.4, -0.2) is 23.2 Å². The van der Waals surface area contributed by atoms with Crippen molar-refractivity contribution < 1.29 is 9.59 Å². The molecule has 5 heteroatoms. The lowest BCUT2D eigenvalue weighted by Crippen LogP contribution is -2.47. The zero-order valence-corrected chi connectivity index (χ0v) is 9.43. The van der Waals surface area contributed by atoms with Crippen LogP contribution in [-0.2, 0) is 9.59 Å². The first-order valence-electron chi connectivity index (χ1n) is 4.13. The molecule has 2 amide bonds. The average Bonchev–Trinajstić information content (AvgIpc) is 1.99. The fourth-order valence-corrected chi connectivity index (χ4v) is 1.26. The molecule has 0 spiro atoms. The summed E-state index contributed by atoms with van der Waals surface area (Å²) in [5.41, 5.74) is 5.12. The molecule has 0 heterocycles. The highest BCUT2D eigenvalue weighted by Gasteiger charge is 2.20. The molecule has 0 aromatic carbocycles. The Morgan fingerprint density at radius 2 is 2.00 bits per heavy atom. The van der Waals surface area contributed by atoms with E-state index in [9.17, 15) is 9.59 Å². The number of rotatable bonds is 5. The molecule has 0 aliphatic heterocycles. The van der Waals surface area contributed by atoms with Gasteiger partial charge in [0.25, 0.3) is 0 Å². The van der Waals surface area contributed by atoms with Gasteiger partial charge >= 0.3 is 0 Å². The first kappa shape index (κ1) is 12.4. The van der Waals surface area contributed by atoms with Crippen molar-refractivity contribution in [1.82, 2.24) is 5.32 Å². The van der Waals surface area contributed by atoms with Crippen LogP contribution >= 0.6 is 15.9 Å². The summed E-state index contributed by atoms with van der Waals surface area (Å²) in [5.74, 6) is -0.621. The second-order valence-electron chi connectivity index (χ2n) is 3.13. The largest absolute Gasteiger partial charge is 0.368 e. The molecule has 0 fully saturated rings. The molecule has 0 aliphatic rings. The second-order valence-corrected chi connectivity index (χ2v) is 3.92. The van der Waals surface area contributed by atoms with E-state index < -0.39 is 11.9 Å². The lowest BCUT2D eigenvalue weighted by Gasteiger charge is -2.18. The number of hydrogen-bond donors (Lipinski definition) is 2. The smallest absolute Gasteiger partial charge is 0.240 e. The van der Waals surface area contributed by atoms with Gasteiger partial charge in [0.05, 0.1) is 0 Å². The standard InChI is InChI=1S/C8H15BrN2O2/c1-5(2)7(8(10)13)11-6(12)3-4-9/h5,7H,3-4H2,1-2H3,(H2,10,13)(H,11,12). The van der Waals surface area contributed by atoms with Gasteiger partial charge in [0, 0.05) is 11.8 Å². The number of carbonyl (C=O) groups excluding carboxylic acids is 2. The molecule has 13 heavy (non-hydrogen) atoms. The SMILES string of the molecule is CC(C)C(NC(=O)CCBr)C(N)=O. The Bertz CT molecular complexity index is 195. The summed E-state index contributed by atoms with van der Waals surface area (Å²) < 4.78 is 0. The number of carbonyl (C=O) groups is 2. The third-order valence-electron chi connectivity index (χ3n) is 1.61. The number of alkyl halides is 1. The minimum absolute atomic E-state index is 0.0248. The summed E-state index contributed by atoms with van der Waals surface area (Å²) in [6, 6.07) is -0.563. The molecule has 76 valence electrons. The third kappa shape index (κ3) is 4.87. The summed E-state index contributed by atoms with van der Waals surface area (Å²) in [6.07, 6.45) is 0.358. The lowest BCUT2D eigenvalue weighted by molar-refractivity contribution is -0.128. The van der Waals surface area contributed by atoms with Crippen LogP contribution in [0.25, 0.3) is 0 Å². The molecule has 0 saturated heterocycles. The van der Waals surface area contributed by atoms with Crippen molar-refractivity contribution in [2.75, 3.05) is 5.33 Å². The summed E-state index contributed by atoms with van der Waals surface area (Å²) >= 11 is 3.14. The van der Waals surface area contributed by atoms with Gasteiger partial charge < -0.3 is 11.1 Å². The number of hydrogen-bond acceptors (Lipinski definition) is 2. The van der Waals surface area contributed by atoms with Gasteiger partial charge in [-0.2, -0.15) is 0 Å². The highest BCUT2D eigenvalue weighted by atomic mass is 79.9. The summed E-state index contributed by atoms with van der Waals surface area (Å²) in [4.78, 5) is 22.0. The fraction of sp³-hybridized carbons (Fsp3) is 0.750. The maximum absolute atomic E-state index is 11.1. The van der Waals surface area contributed by atoms with Crippen LogP contribution in [0.1, 0.15) is 20.3 Å². The van der Waals surface area contributed by atoms with E-state index in [4.69, 9.17) is 5.73 Å². The van der Waals surface area contributed by atoms with Crippen molar-refractivity contribution in [2.45, 2.75) is 26.3 Å². The third-order valence-corrected chi connectivity index (χ3v) is 2.01. The van der Waals surface area contributed by atoms with Gasteiger partial charge in [-0.1, -0.05) is 29.8 Å². The van der Waals surface area contributed by atoms with E-state index in [1.807, 2.05) is 13.8 Å². The molecule has 0 saturated carbocycles. The summed E-state index contributed by atoms with van der Waals surface area (Å²) in [5, 5.41) is 3.16. The van der Waals surface area contributed by atoms with Crippen LogP contribution in [0.5, 0.6) is 0 Å². The zero-order valence-electron chi connectivity index (χ0n) is 7.84. The molecule has 0 radical (unpaired) electrons. The highest BCUT2D eigenvalue weighted by molar-refractivity contribution is 9.09. The van der Waals surface area contributed by atoms with Gasteiger partial charge in [-0.3, -0.25) is 9.59 Å². The van der Waals surface area contributed by atoms with Crippen LogP contribution in [0.4, 0.5) is 0 Å². The summed E-state index contributed by atoms with van der Waals surface area (Å²) in [6.45, 7) is 3.67. The predicted molar refractivity (Wildman–Crippen MR) is 54.4 cm³/mol. The molecule has 3 N–H and O–H groups in total. The number of nitrogens with two attached hydrogens (primary N) is 1. The van der Waals surface area contributed by atoms with Crippen LogP contribution < -0.4 is 11.1 Å². The van der Waals surface area contributed by atoms with E-state index in [0.29, 0.717) is 11.8 Å². The number of nitrogens with one attached hydrogen (secondary N) is 1. The van der Waals surface area contributed by atoms with E-state index in [2.05, 4.69) is 21.2 Å². The van der Waals surface area contributed by atoms with Gasteiger partial charge in [-0.25, -0.2) is 0 Å². The van der Waals surface area contributed by atoms with E-state index in [1.54, 1.807) is 0 Å². The van der Waals surface area contributed by atoms with Gasteiger partial charge in [0.1, 0.15) is 6.04 Å². The quantitative estimate of drug-likeness (QED) is 0.694. The lowest BCUT2D eigenvalue weighted by atomic mass is 10.0. The molecule has 0 aromatic heterocycles. The maximum Gasteiger partial charge on any atom is 0.240 e. The minimum Gasteiger partial charge on any atom is -0.368 e. The Morgan fingerprint density at radius 1 is 1.46 bits per heavy atom. The zero-order chi connectivity index (χ0) is 10.4. The van der Waals surface area contributed by atoms with E-state index in [-0.39, 0.29) is 11.8 Å². The molecular weight excluding hydrogens is 236 g/mol. The van der Waals surface area contributed by atoms with Crippen molar-refractivity contribution in [3.63, 3.8) is 0 Å². The fourth-order valence-electron chi connectivity index (χ4n) is 0.898. The number of halogens is 1. The molecule has 0 aromatic rings. The van der Waals surface area contributed by atoms with E-state index >= 15 is 0 Å². The van der Waals surface area contributed by atoms with Crippen molar-refractivity contribution in [2.24, 2.45) is 11.7 Å². The van der Waals surface area contributed by atoms with Crippen LogP contribution in [0, 0.1) is 5.92 Å². The Balaban J connectivity index is 4.10. The Hall–Kier alpha value is -0.580. The average molecular weight is 251 g/mol. The number of primary amides is 1. The monoisotopic (exact) mass is 250 g/mol. The molecule has 1 atom stereocenters. The normalized spacial score (nSPS) is 12.6. The molecule has 4 nitrogen and oxygen atoms in total. The van der Waals surface area contributed by atoms with Gasteiger partial charge in [0.15, 0.2) is 0 Å². The van der Waals surface area contributed by atoms with Crippen LogP contribution in [0.15, 0.2) is 0 Å². The first-order chi connectivity index (χ1) is 5.99. The van der Waals surface area contributed by atoms with Gasteiger partial charge in [-0.15, -0.1) is 0 Å². The number of amides is 2. The van der Waals surface area contributed by atoms with Crippen molar-refractivity contribution >= 4 is 27.7 Å². The molecular formula is C8H15BrN2O2. The van der Waals surface area contributed by atoms with Gasteiger partial charge in [0.2, 0.25) is 11.8 Å². The maximum atomic E-state index is 11.1. The Kier molecular flexibility index (Phi) is 5.70. The van der Waals surface area contributed by atoms with Crippen molar-refractivity contribution in [3.05, 3.63) is 0 Å². The van der Waals surface area contributed by atoms with Crippen LogP contribution in [0.3, 0.4) is 0 Å². The molecule has 1 unspecified atom stereocenters. The minimum atomic E-state index is -0.563. The van der Waals surface area contributed by atoms with E-state index in [1.165, 1.54) is 0 Å². The van der Waals surface area contributed by atoms with E-state index in [0.717, 1.165) is 0 Å². The topological polar surface area (TPSA) is 72.2 Å². The Labute approximate surface area is 86.4 Å². The summed E-state index contributed by atoms with van der Waals surface area (Å²) in [7, 11) is 0. The first-order valence-corrected chi connectivity index (χ1v) is 5.25. The van der Waals surface area contributed by atoms with Gasteiger partial charge in [-0.05, 0) is 5.92 Å². The molecule has 0 rings (SSSR count). The highest BCUT2D eigenvalue weighted by Crippen LogP contribution is 2.01. The van der Waals surface area contributed by atoms with Crippen molar-refractivity contribution in [1.29, 1.82) is 0 Å². The molecule has 0 aliphatic carbocycles. The Morgan fingerprint density at radius 3 is 2.31 bits per heavy atom. The predicted octanol–water partition coefficient (Wildman–Crippen LogP) is 0.398. The van der Waals surface area contributed by atoms with Crippen molar-refractivity contribution in [3.8, 4) is 0 Å². The van der Waals surface area contributed by atoms with Crippen LogP contribution in [0.2, 0.25) is 0 Å². The molecule has 0 bridgehead atoms. The second kappa shape index (κ2) is 5.96.